The molecule has 0 unspecified atom stereocenters. The van der Waals surface area contributed by atoms with Gasteiger partial charge in [-0.25, -0.2) is 15.0 Å². The maximum absolute atomic E-state index is 10.6. The molecule has 4 rings (SSSR count). The van der Waals surface area contributed by atoms with Gasteiger partial charge in [-0.05, 0) is 43.6 Å². The number of rotatable bonds is 4. The summed E-state index contributed by atoms with van der Waals surface area (Å²) in [7, 11) is 0. The molecule has 4 atom stereocenters. The Morgan fingerprint density at radius 1 is 1.15 bits per heavy atom. The average molecular weight is 354 g/mol. The van der Waals surface area contributed by atoms with Crippen molar-refractivity contribution in [2.75, 3.05) is 23.3 Å². The largest absolute Gasteiger partial charge is 0.391 e. The molecule has 2 aliphatic rings. The van der Waals surface area contributed by atoms with Gasteiger partial charge in [0, 0.05) is 37.4 Å². The molecule has 2 fully saturated rings. The van der Waals surface area contributed by atoms with Crippen LogP contribution in [0.15, 0.2) is 24.8 Å². The number of hydrogen-bond acceptors (Lipinski definition) is 7. The molecule has 26 heavy (non-hydrogen) atoms. The van der Waals surface area contributed by atoms with Crippen molar-refractivity contribution in [3.63, 3.8) is 0 Å². The first kappa shape index (κ1) is 17.1. The summed E-state index contributed by atoms with van der Waals surface area (Å²) < 4.78 is 0. The molecule has 1 saturated heterocycles. The van der Waals surface area contributed by atoms with Gasteiger partial charge in [0.15, 0.2) is 0 Å². The fourth-order valence-corrected chi connectivity index (χ4v) is 4.29. The smallest absolute Gasteiger partial charge is 0.225 e. The van der Waals surface area contributed by atoms with Crippen molar-refractivity contribution < 1.29 is 5.11 Å². The Labute approximate surface area is 153 Å². The Balaban J connectivity index is 1.45. The highest BCUT2D eigenvalue weighted by Crippen LogP contribution is 2.38. The van der Waals surface area contributed by atoms with Gasteiger partial charge < -0.3 is 15.3 Å². The molecule has 1 aliphatic carbocycles. The number of hydrogen-bond donors (Lipinski definition) is 2. The van der Waals surface area contributed by atoms with Crippen LogP contribution in [0.5, 0.6) is 0 Å². The standard InChI is InChI=1S/C19H26N6O/c1-3-15-12(2)8-22-19(24-15)25-10-13-6-16(17(26)7-14(13)11-25)23-18-9-20-4-5-21-18/h4-5,8-9,13-14,16-17,26H,3,6-7,10-11H2,1-2H3,(H,21,23)/t13-,14+,16-,17-/m1/s1. The third-order valence-electron chi connectivity index (χ3n) is 5.72. The van der Waals surface area contributed by atoms with Gasteiger partial charge in [-0.3, -0.25) is 4.98 Å². The van der Waals surface area contributed by atoms with Crippen molar-refractivity contribution in [2.24, 2.45) is 11.8 Å². The summed E-state index contributed by atoms with van der Waals surface area (Å²) in [4.78, 5) is 19.9. The zero-order valence-electron chi connectivity index (χ0n) is 15.3. The van der Waals surface area contributed by atoms with Crippen LogP contribution in [-0.4, -0.2) is 50.3 Å². The summed E-state index contributed by atoms with van der Waals surface area (Å²) in [6.07, 6.45) is 9.21. The molecule has 7 nitrogen and oxygen atoms in total. The van der Waals surface area contributed by atoms with E-state index in [9.17, 15) is 5.11 Å². The fraction of sp³-hybridized carbons (Fsp3) is 0.579. The number of aryl methyl sites for hydroxylation is 2. The molecule has 138 valence electrons. The van der Waals surface area contributed by atoms with E-state index in [-0.39, 0.29) is 12.1 Å². The van der Waals surface area contributed by atoms with E-state index in [2.05, 4.69) is 39.0 Å². The molecule has 0 aromatic carbocycles. The average Bonchev–Trinajstić information content (AvgIpc) is 3.06. The fourth-order valence-electron chi connectivity index (χ4n) is 4.29. The minimum atomic E-state index is -0.372. The number of nitrogens with zero attached hydrogens (tertiary/aromatic N) is 5. The SMILES string of the molecule is CCc1nc(N2C[C@H]3C[C@@H](Nc4cnccn4)[C@H](O)C[C@H]3C2)ncc1C. The summed E-state index contributed by atoms with van der Waals surface area (Å²) in [5, 5.41) is 13.9. The third kappa shape index (κ3) is 3.35. The summed E-state index contributed by atoms with van der Waals surface area (Å²) in [6.45, 7) is 6.06. The van der Waals surface area contributed by atoms with Gasteiger partial charge in [0.25, 0.3) is 0 Å². The zero-order valence-corrected chi connectivity index (χ0v) is 15.3. The van der Waals surface area contributed by atoms with Crippen molar-refractivity contribution in [2.45, 2.75) is 45.3 Å². The predicted octanol–water partition coefficient (Wildman–Crippen LogP) is 1.83. The van der Waals surface area contributed by atoms with E-state index >= 15 is 0 Å². The van der Waals surface area contributed by atoms with Crippen LogP contribution in [0.2, 0.25) is 0 Å². The van der Waals surface area contributed by atoms with E-state index in [0.717, 1.165) is 55.4 Å². The minimum absolute atomic E-state index is 0.0121. The monoisotopic (exact) mass is 354 g/mol. The van der Waals surface area contributed by atoms with Gasteiger partial charge in [-0.1, -0.05) is 6.92 Å². The van der Waals surface area contributed by atoms with Crippen molar-refractivity contribution in [3.05, 3.63) is 36.0 Å². The Hall–Kier alpha value is -2.28. The first-order valence-corrected chi connectivity index (χ1v) is 9.42. The number of fused-ring (bicyclic) bond motifs is 1. The van der Waals surface area contributed by atoms with Crippen LogP contribution in [0, 0.1) is 18.8 Å². The van der Waals surface area contributed by atoms with Crippen molar-refractivity contribution in [1.82, 2.24) is 19.9 Å². The Morgan fingerprint density at radius 3 is 2.69 bits per heavy atom. The molecule has 2 aromatic rings. The van der Waals surface area contributed by atoms with Crippen molar-refractivity contribution in [3.8, 4) is 0 Å². The lowest BCUT2D eigenvalue weighted by Gasteiger charge is -2.35. The Bertz CT molecular complexity index is 755. The molecule has 1 aliphatic heterocycles. The van der Waals surface area contributed by atoms with E-state index in [4.69, 9.17) is 4.98 Å². The predicted molar refractivity (Wildman–Crippen MR) is 100 cm³/mol. The molecule has 2 N–H and O–H groups in total. The van der Waals surface area contributed by atoms with E-state index in [1.807, 2.05) is 6.20 Å². The van der Waals surface area contributed by atoms with Crippen LogP contribution >= 0.6 is 0 Å². The molecule has 0 spiro atoms. The molecule has 0 amide bonds. The second kappa shape index (κ2) is 7.15. The first-order valence-electron chi connectivity index (χ1n) is 9.42. The van der Waals surface area contributed by atoms with Gasteiger partial charge in [-0.2, -0.15) is 0 Å². The van der Waals surface area contributed by atoms with Gasteiger partial charge >= 0.3 is 0 Å². The summed E-state index contributed by atoms with van der Waals surface area (Å²) in [5.74, 6) is 2.57. The quantitative estimate of drug-likeness (QED) is 0.866. The normalized spacial score (nSPS) is 28.0. The topological polar surface area (TPSA) is 87.1 Å². The zero-order chi connectivity index (χ0) is 18.1. The maximum Gasteiger partial charge on any atom is 0.225 e. The van der Waals surface area contributed by atoms with Crippen LogP contribution in [0.25, 0.3) is 0 Å². The van der Waals surface area contributed by atoms with E-state index in [1.165, 1.54) is 0 Å². The summed E-state index contributed by atoms with van der Waals surface area (Å²) in [6, 6.07) is 0.0121. The highest BCUT2D eigenvalue weighted by molar-refractivity contribution is 5.36. The Morgan fingerprint density at radius 2 is 1.96 bits per heavy atom. The number of aromatic nitrogens is 4. The van der Waals surface area contributed by atoms with Gasteiger partial charge in [-0.15, -0.1) is 0 Å². The number of nitrogens with one attached hydrogen (secondary N) is 1. The minimum Gasteiger partial charge on any atom is -0.391 e. The first-order chi connectivity index (χ1) is 12.6. The van der Waals surface area contributed by atoms with Crippen LogP contribution in [-0.2, 0) is 6.42 Å². The lowest BCUT2D eigenvalue weighted by atomic mass is 9.77. The Kier molecular flexibility index (Phi) is 4.72. The molecule has 1 saturated carbocycles. The number of anilines is 2. The molecule has 3 heterocycles. The summed E-state index contributed by atoms with van der Waals surface area (Å²) in [5.41, 5.74) is 2.27. The van der Waals surface area contributed by atoms with Gasteiger partial charge in [0.05, 0.1) is 18.3 Å². The van der Waals surface area contributed by atoms with E-state index < -0.39 is 0 Å². The lowest BCUT2D eigenvalue weighted by molar-refractivity contribution is 0.0737. The molecular weight excluding hydrogens is 328 g/mol. The molecule has 2 aromatic heterocycles. The third-order valence-corrected chi connectivity index (χ3v) is 5.72. The maximum atomic E-state index is 10.6. The second-order valence-corrected chi connectivity index (χ2v) is 7.46. The van der Waals surface area contributed by atoms with Crippen LogP contribution < -0.4 is 10.2 Å². The summed E-state index contributed by atoms with van der Waals surface area (Å²) >= 11 is 0. The van der Waals surface area contributed by atoms with E-state index in [1.54, 1.807) is 18.6 Å². The number of aliphatic hydroxyl groups excluding tert-OH is 1. The highest BCUT2D eigenvalue weighted by Gasteiger charge is 2.42. The highest BCUT2D eigenvalue weighted by atomic mass is 16.3. The van der Waals surface area contributed by atoms with E-state index in [0.29, 0.717) is 11.8 Å². The van der Waals surface area contributed by atoms with Crippen molar-refractivity contribution in [1.29, 1.82) is 0 Å². The number of aliphatic hydroxyl groups is 1. The molecule has 0 radical (unpaired) electrons. The molecule has 7 heteroatoms. The molecular formula is C19H26N6O. The van der Waals surface area contributed by atoms with Gasteiger partial charge in [0.2, 0.25) is 5.95 Å². The van der Waals surface area contributed by atoms with Crippen molar-refractivity contribution >= 4 is 11.8 Å². The molecule has 0 bridgehead atoms. The second-order valence-electron chi connectivity index (χ2n) is 7.46. The van der Waals surface area contributed by atoms with Crippen LogP contribution in [0.1, 0.15) is 31.0 Å². The van der Waals surface area contributed by atoms with Gasteiger partial charge in [0.1, 0.15) is 5.82 Å². The van der Waals surface area contributed by atoms with Crippen LogP contribution in [0.3, 0.4) is 0 Å². The lowest BCUT2D eigenvalue weighted by Crippen LogP contribution is -2.43. The van der Waals surface area contributed by atoms with Crippen LogP contribution in [0.4, 0.5) is 11.8 Å².